The van der Waals surface area contributed by atoms with E-state index in [1.165, 1.54) is 49.6 Å². The van der Waals surface area contributed by atoms with Crippen LogP contribution in [-0.2, 0) is 0 Å². The molecule has 1 aliphatic rings. The maximum absolute atomic E-state index is 14.8. The zero-order chi connectivity index (χ0) is 28.2. The lowest BCUT2D eigenvalue weighted by Gasteiger charge is -2.39. The number of nitrogens with one attached hydrogen (secondary N) is 1. The summed E-state index contributed by atoms with van der Waals surface area (Å²) in [4.78, 5) is 1.93. The molecule has 4 rings (SSSR count). The fourth-order valence-corrected chi connectivity index (χ4v) is 5.02. The topological polar surface area (TPSA) is 54.0 Å². The normalized spacial score (nSPS) is 14.6. The Hall–Kier alpha value is -3.39. The average molecular weight is 557 g/mol. The van der Waals surface area contributed by atoms with Gasteiger partial charge in [-0.1, -0.05) is 50.7 Å². The Balaban J connectivity index is 1.33. The first-order valence-corrected chi connectivity index (χ1v) is 14.3. The Bertz CT molecular complexity index is 1190. The number of unbranched alkanes of at least 4 members (excludes halogenated alkanes) is 7. The number of hydrogen-bond donors (Lipinski definition) is 2. The second kappa shape index (κ2) is 15.4. The summed E-state index contributed by atoms with van der Waals surface area (Å²) in [5.41, 5.74) is 2.04. The number of rotatable bonds is 16. The van der Waals surface area contributed by atoms with Gasteiger partial charge >= 0.3 is 0 Å². The SMILES string of the molecule is Oc1ccc2c(c1)OCC(c1ccc(F)cc1)N2c1cc(F)cc(OCCNCCCCCCCCCCF)c1. The van der Waals surface area contributed by atoms with Crippen molar-refractivity contribution in [1.82, 2.24) is 5.32 Å². The third kappa shape index (κ3) is 8.55. The van der Waals surface area contributed by atoms with Crippen LogP contribution in [-0.4, -0.2) is 38.1 Å². The molecule has 0 aliphatic carbocycles. The lowest BCUT2D eigenvalue weighted by atomic mass is 10.0. The van der Waals surface area contributed by atoms with E-state index < -0.39 is 5.82 Å². The van der Waals surface area contributed by atoms with Gasteiger partial charge < -0.3 is 24.8 Å². The summed E-state index contributed by atoms with van der Waals surface area (Å²) in [5, 5.41) is 13.3. The molecule has 1 unspecified atom stereocenters. The van der Waals surface area contributed by atoms with E-state index in [2.05, 4.69) is 5.32 Å². The minimum Gasteiger partial charge on any atom is -0.508 e. The Morgan fingerprint density at radius 1 is 0.825 bits per heavy atom. The molecule has 0 amide bonds. The average Bonchev–Trinajstić information content (AvgIpc) is 2.95. The van der Waals surface area contributed by atoms with Gasteiger partial charge in [0.05, 0.1) is 18.4 Å². The Morgan fingerprint density at radius 3 is 2.30 bits per heavy atom. The number of nitrogens with zero attached hydrogens (tertiary/aromatic N) is 1. The number of halogens is 3. The van der Waals surface area contributed by atoms with Gasteiger partial charge in [0.1, 0.15) is 42.1 Å². The Morgan fingerprint density at radius 2 is 1.55 bits per heavy atom. The number of phenolic OH excluding ortho intramolecular Hbond substituents is 1. The van der Waals surface area contributed by atoms with Crippen LogP contribution in [0.4, 0.5) is 24.5 Å². The van der Waals surface area contributed by atoms with Crippen LogP contribution in [0.1, 0.15) is 63.0 Å². The quantitative estimate of drug-likeness (QED) is 0.175. The van der Waals surface area contributed by atoms with E-state index in [4.69, 9.17) is 9.47 Å². The molecule has 1 atom stereocenters. The minimum absolute atomic E-state index is 0.0693. The van der Waals surface area contributed by atoms with Gasteiger partial charge in [0.25, 0.3) is 0 Å². The molecule has 0 aromatic heterocycles. The highest BCUT2D eigenvalue weighted by Crippen LogP contribution is 2.46. The predicted octanol–water partition coefficient (Wildman–Crippen LogP) is 8.00. The molecule has 0 bridgehead atoms. The summed E-state index contributed by atoms with van der Waals surface area (Å²) in [6.07, 6.45) is 8.63. The Labute approximate surface area is 234 Å². The van der Waals surface area contributed by atoms with Crippen molar-refractivity contribution in [3.8, 4) is 17.2 Å². The maximum atomic E-state index is 14.8. The van der Waals surface area contributed by atoms with Crippen molar-refractivity contribution < 1.29 is 27.8 Å². The summed E-state index contributed by atoms with van der Waals surface area (Å²) in [6.45, 7) is 1.97. The van der Waals surface area contributed by atoms with E-state index in [1.54, 1.807) is 30.3 Å². The number of aromatic hydroxyl groups is 1. The smallest absolute Gasteiger partial charge is 0.146 e. The van der Waals surface area contributed by atoms with Crippen molar-refractivity contribution in [3.05, 3.63) is 77.9 Å². The molecule has 40 heavy (non-hydrogen) atoms. The molecule has 0 radical (unpaired) electrons. The zero-order valence-corrected chi connectivity index (χ0v) is 22.9. The van der Waals surface area contributed by atoms with E-state index in [1.807, 2.05) is 4.90 Å². The number of benzene rings is 3. The molecule has 2 N–H and O–H groups in total. The molecule has 0 spiro atoms. The van der Waals surface area contributed by atoms with Crippen molar-refractivity contribution >= 4 is 11.4 Å². The number of ether oxygens (including phenoxy) is 2. The molecule has 3 aromatic rings. The second-order valence-corrected chi connectivity index (χ2v) is 10.2. The van der Waals surface area contributed by atoms with Crippen molar-refractivity contribution in [3.63, 3.8) is 0 Å². The van der Waals surface area contributed by atoms with Crippen LogP contribution >= 0.6 is 0 Å². The lowest BCUT2D eigenvalue weighted by molar-refractivity contribution is 0.271. The summed E-state index contributed by atoms with van der Waals surface area (Å²) < 4.78 is 52.3. The van der Waals surface area contributed by atoms with Gasteiger partial charge in [0.2, 0.25) is 0 Å². The van der Waals surface area contributed by atoms with Crippen molar-refractivity contribution in [2.75, 3.05) is 37.9 Å². The molecule has 216 valence electrons. The maximum Gasteiger partial charge on any atom is 0.146 e. The van der Waals surface area contributed by atoms with Crippen molar-refractivity contribution in [2.45, 2.75) is 57.4 Å². The molecule has 3 aromatic carbocycles. The first-order valence-electron chi connectivity index (χ1n) is 14.3. The summed E-state index contributed by atoms with van der Waals surface area (Å²) >= 11 is 0. The van der Waals surface area contributed by atoms with Crippen LogP contribution in [0, 0.1) is 11.6 Å². The van der Waals surface area contributed by atoms with Crippen LogP contribution in [0.2, 0.25) is 0 Å². The highest BCUT2D eigenvalue weighted by molar-refractivity contribution is 5.73. The summed E-state index contributed by atoms with van der Waals surface area (Å²) in [7, 11) is 0. The van der Waals surface area contributed by atoms with Crippen LogP contribution < -0.4 is 19.7 Å². The highest BCUT2D eigenvalue weighted by Gasteiger charge is 2.31. The number of anilines is 2. The molecule has 0 saturated carbocycles. The molecule has 0 fully saturated rings. The van der Waals surface area contributed by atoms with Gasteiger partial charge in [0.15, 0.2) is 0 Å². The van der Waals surface area contributed by atoms with E-state index >= 15 is 0 Å². The van der Waals surface area contributed by atoms with Gasteiger partial charge in [-0.2, -0.15) is 0 Å². The fourth-order valence-electron chi connectivity index (χ4n) is 5.02. The van der Waals surface area contributed by atoms with E-state index in [0.717, 1.165) is 37.8 Å². The molecular formula is C32H39F3N2O3. The first-order chi connectivity index (χ1) is 19.5. The number of fused-ring (bicyclic) bond motifs is 1. The van der Waals surface area contributed by atoms with Gasteiger partial charge in [0, 0.05) is 30.4 Å². The second-order valence-electron chi connectivity index (χ2n) is 10.2. The van der Waals surface area contributed by atoms with Crippen LogP contribution in [0.15, 0.2) is 60.7 Å². The van der Waals surface area contributed by atoms with E-state index in [0.29, 0.717) is 42.4 Å². The number of alkyl halides is 1. The van der Waals surface area contributed by atoms with Crippen LogP contribution in [0.5, 0.6) is 17.2 Å². The van der Waals surface area contributed by atoms with Crippen LogP contribution in [0.25, 0.3) is 0 Å². The Kier molecular flexibility index (Phi) is 11.4. The van der Waals surface area contributed by atoms with Gasteiger partial charge in [-0.3, -0.25) is 4.39 Å². The largest absolute Gasteiger partial charge is 0.508 e. The van der Waals surface area contributed by atoms with Crippen molar-refractivity contribution in [1.29, 1.82) is 0 Å². The molecule has 5 nitrogen and oxygen atoms in total. The lowest BCUT2D eigenvalue weighted by Crippen LogP contribution is -2.33. The first kappa shape index (κ1) is 29.6. The summed E-state index contributed by atoms with van der Waals surface area (Å²) in [6, 6.07) is 15.2. The molecule has 1 heterocycles. The zero-order valence-electron chi connectivity index (χ0n) is 22.9. The van der Waals surface area contributed by atoms with Crippen molar-refractivity contribution in [2.24, 2.45) is 0 Å². The minimum atomic E-state index is -0.435. The number of phenols is 1. The highest BCUT2D eigenvalue weighted by atomic mass is 19.1. The summed E-state index contributed by atoms with van der Waals surface area (Å²) in [5.74, 6) is 0.184. The third-order valence-electron chi connectivity index (χ3n) is 7.09. The van der Waals surface area contributed by atoms with E-state index in [9.17, 15) is 18.3 Å². The third-order valence-corrected chi connectivity index (χ3v) is 7.09. The van der Waals surface area contributed by atoms with Gasteiger partial charge in [-0.25, -0.2) is 8.78 Å². The number of hydrogen-bond acceptors (Lipinski definition) is 5. The molecule has 1 aliphatic heterocycles. The molecule has 8 heteroatoms. The van der Waals surface area contributed by atoms with Gasteiger partial charge in [-0.05, 0) is 55.3 Å². The predicted molar refractivity (Wildman–Crippen MR) is 153 cm³/mol. The monoisotopic (exact) mass is 556 g/mol. The van der Waals surface area contributed by atoms with Crippen LogP contribution in [0.3, 0.4) is 0 Å². The molecular weight excluding hydrogens is 517 g/mol. The standard InChI is InChI=1S/C32H39F3N2O3/c33-15-7-5-3-1-2-4-6-8-16-36-17-18-39-29-20-26(35)19-27(21-29)37-30-14-13-28(38)22-32(30)40-23-31(37)24-9-11-25(34)12-10-24/h9-14,19-22,31,36,38H,1-8,15-18,23H2. The fraction of sp³-hybridized carbons (Fsp3) is 0.438. The van der Waals surface area contributed by atoms with E-state index in [-0.39, 0.29) is 30.9 Å². The molecule has 0 saturated heterocycles. The van der Waals surface area contributed by atoms with Gasteiger partial charge in [-0.15, -0.1) is 0 Å².